The molecule has 1 heterocycles. The molecule has 59 heavy (non-hydrogen) atoms. The zero-order valence-corrected chi connectivity index (χ0v) is 37.2. The van der Waals surface area contributed by atoms with E-state index in [4.69, 9.17) is 9.47 Å². The molecule has 0 bridgehead atoms. The first-order valence-corrected chi connectivity index (χ1v) is 23.9. The highest BCUT2D eigenvalue weighted by atomic mass is 16.7. The van der Waals surface area contributed by atoms with Gasteiger partial charge in [-0.25, -0.2) is 0 Å². The first-order chi connectivity index (χ1) is 28.7. The Hall–Kier alpha value is -1.67. The topological polar surface area (TPSA) is 189 Å². The lowest BCUT2D eigenvalue weighted by Crippen LogP contribution is -2.60. The summed E-state index contributed by atoms with van der Waals surface area (Å²) in [6.45, 7) is 3.39. The van der Waals surface area contributed by atoms with Gasteiger partial charge in [-0.15, -0.1) is 0 Å². The molecule has 11 heteroatoms. The van der Waals surface area contributed by atoms with Crippen LogP contribution in [0.5, 0.6) is 0 Å². The van der Waals surface area contributed by atoms with Crippen LogP contribution < -0.4 is 5.32 Å². The maximum absolute atomic E-state index is 13.1. The Bertz CT molecular complexity index is 1050. The smallest absolute Gasteiger partial charge is 0.249 e. The van der Waals surface area contributed by atoms with Crippen molar-refractivity contribution in [3.05, 3.63) is 36.5 Å². The number of unbranched alkanes of at least 4 members (excludes halogenated alkanes) is 22. The van der Waals surface area contributed by atoms with Crippen molar-refractivity contribution in [1.82, 2.24) is 5.32 Å². The van der Waals surface area contributed by atoms with Crippen LogP contribution in [-0.4, -0.2) is 110 Å². The Morgan fingerprint density at radius 1 is 0.593 bits per heavy atom. The molecular formula is C48H89NO10. The number of hydrogen-bond acceptors (Lipinski definition) is 10. The lowest BCUT2D eigenvalue weighted by molar-refractivity contribution is -0.303. The second-order valence-corrected chi connectivity index (χ2v) is 16.9. The lowest BCUT2D eigenvalue weighted by atomic mass is 9.98. The number of ether oxygens (including phenoxy) is 2. The predicted octanol–water partition coefficient (Wildman–Crippen LogP) is 8.00. The van der Waals surface area contributed by atoms with Crippen LogP contribution in [-0.2, 0) is 14.3 Å². The molecule has 0 aromatic heterocycles. The van der Waals surface area contributed by atoms with Gasteiger partial charge < -0.3 is 50.5 Å². The molecule has 0 radical (unpaired) electrons. The molecule has 1 saturated heterocycles. The first kappa shape index (κ1) is 55.3. The standard InChI is InChI=1S/C48H89NO10/c1-3-5-7-9-11-13-15-17-19-20-21-22-24-26-28-30-32-34-36-41(52)47(57)49-39(38-58-48-46(56)45(55)44(54)42(37-50)59-48)43(53)40(51)35-33-31-29-27-25-23-18-16-14-12-10-8-6-4-2/h11,13,15,17,27,29,39-46,48,50-56H,3-10,12,14,16,18-26,28,30-38H2,1-2H3,(H,49,57)/b13-11-,17-15-,29-27+. The van der Waals surface area contributed by atoms with Gasteiger partial charge in [-0.2, -0.15) is 0 Å². The van der Waals surface area contributed by atoms with Crippen LogP contribution in [0.3, 0.4) is 0 Å². The van der Waals surface area contributed by atoms with Gasteiger partial charge in [0.05, 0.1) is 25.4 Å². The van der Waals surface area contributed by atoms with Gasteiger partial charge >= 0.3 is 0 Å². The summed E-state index contributed by atoms with van der Waals surface area (Å²) in [5.74, 6) is -0.712. The molecule has 1 amide bonds. The van der Waals surface area contributed by atoms with Gasteiger partial charge in [0.2, 0.25) is 5.91 Å². The van der Waals surface area contributed by atoms with Crippen molar-refractivity contribution in [2.45, 2.75) is 249 Å². The molecule has 9 unspecified atom stereocenters. The van der Waals surface area contributed by atoms with Crippen LogP contribution in [0.25, 0.3) is 0 Å². The molecule has 0 aliphatic carbocycles. The van der Waals surface area contributed by atoms with Crippen molar-refractivity contribution >= 4 is 5.91 Å². The molecule has 8 N–H and O–H groups in total. The van der Waals surface area contributed by atoms with Crippen LogP contribution in [0.1, 0.15) is 194 Å². The molecule has 0 spiro atoms. The summed E-state index contributed by atoms with van der Waals surface area (Å²) in [5, 5.41) is 75.7. The van der Waals surface area contributed by atoms with Crippen LogP contribution in [0, 0.1) is 0 Å². The van der Waals surface area contributed by atoms with Gasteiger partial charge in [-0.05, 0) is 64.2 Å². The van der Waals surface area contributed by atoms with Crippen LogP contribution >= 0.6 is 0 Å². The highest BCUT2D eigenvalue weighted by Gasteiger charge is 2.44. The van der Waals surface area contributed by atoms with Crippen molar-refractivity contribution in [3.63, 3.8) is 0 Å². The van der Waals surface area contributed by atoms with Crippen LogP contribution in [0.4, 0.5) is 0 Å². The average Bonchev–Trinajstić information content (AvgIpc) is 3.23. The number of carbonyl (C=O) groups excluding carboxylic acids is 1. The first-order valence-electron chi connectivity index (χ1n) is 23.9. The second-order valence-electron chi connectivity index (χ2n) is 16.9. The summed E-state index contributed by atoms with van der Waals surface area (Å²) >= 11 is 0. The Kier molecular flexibility index (Phi) is 35.7. The van der Waals surface area contributed by atoms with Gasteiger partial charge in [0.25, 0.3) is 0 Å². The van der Waals surface area contributed by atoms with Gasteiger partial charge in [-0.1, -0.05) is 166 Å². The summed E-state index contributed by atoms with van der Waals surface area (Å²) in [6, 6.07) is -1.19. The molecule has 1 rings (SSSR count). The van der Waals surface area contributed by atoms with Gasteiger partial charge in [-0.3, -0.25) is 4.79 Å². The second kappa shape index (κ2) is 38.0. The summed E-state index contributed by atoms with van der Waals surface area (Å²) in [4.78, 5) is 13.1. The molecule has 9 atom stereocenters. The number of nitrogens with one attached hydrogen (secondary N) is 1. The zero-order valence-electron chi connectivity index (χ0n) is 37.2. The predicted molar refractivity (Wildman–Crippen MR) is 238 cm³/mol. The van der Waals surface area contributed by atoms with Crippen LogP contribution in [0.2, 0.25) is 0 Å². The van der Waals surface area contributed by atoms with E-state index < -0.39 is 74.2 Å². The van der Waals surface area contributed by atoms with E-state index in [0.717, 1.165) is 44.9 Å². The quantitative estimate of drug-likeness (QED) is 0.0171. The van der Waals surface area contributed by atoms with E-state index in [9.17, 15) is 40.5 Å². The van der Waals surface area contributed by atoms with E-state index in [1.807, 2.05) is 0 Å². The number of hydrogen-bond donors (Lipinski definition) is 8. The van der Waals surface area contributed by atoms with Gasteiger partial charge in [0.1, 0.15) is 36.6 Å². The number of aliphatic hydroxyl groups is 7. The highest BCUT2D eigenvalue weighted by molar-refractivity contribution is 5.80. The van der Waals surface area contributed by atoms with Gasteiger partial charge in [0.15, 0.2) is 6.29 Å². The van der Waals surface area contributed by atoms with Crippen molar-refractivity contribution in [2.75, 3.05) is 13.2 Å². The summed E-state index contributed by atoms with van der Waals surface area (Å²) < 4.78 is 11.1. The maximum atomic E-state index is 13.1. The molecule has 1 aliphatic heterocycles. The fourth-order valence-electron chi connectivity index (χ4n) is 7.43. The highest BCUT2D eigenvalue weighted by Crippen LogP contribution is 2.23. The summed E-state index contributed by atoms with van der Waals surface area (Å²) in [6.07, 6.45) is 31.9. The Morgan fingerprint density at radius 3 is 1.59 bits per heavy atom. The van der Waals surface area contributed by atoms with Crippen molar-refractivity contribution < 1.29 is 50.0 Å². The molecule has 0 saturated carbocycles. The Labute approximate surface area is 358 Å². The maximum Gasteiger partial charge on any atom is 0.249 e. The number of allylic oxidation sites excluding steroid dienone is 6. The lowest BCUT2D eigenvalue weighted by Gasteiger charge is -2.40. The normalized spacial score (nSPS) is 22.1. The monoisotopic (exact) mass is 840 g/mol. The minimum Gasteiger partial charge on any atom is -0.394 e. The van der Waals surface area contributed by atoms with E-state index in [1.165, 1.54) is 109 Å². The van der Waals surface area contributed by atoms with E-state index in [2.05, 4.69) is 55.6 Å². The molecule has 346 valence electrons. The average molecular weight is 840 g/mol. The van der Waals surface area contributed by atoms with E-state index in [1.54, 1.807) is 0 Å². The number of amides is 1. The number of carbonyl (C=O) groups is 1. The Balaban J connectivity index is 2.46. The third-order valence-electron chi connectivity index (χ3n) is 11.4. The molecule has 1 aliphatic rings. The van der Waals surface area contributed by atoms with E-state index in [0.29, 0.717) is 12.8 Å². The van der Waals surface area contributed by atoms with Crippen molar-refractivity contribution in [3.8, 4) is 0 Å². The van der Waals surface area contributed by atoms with Crippen LogP contribution in [0.15, 0.2) is 36.5 Å². The molecule has 0 aromatic carbocycles. The largest absolute Gasteiger partial charge is 0.394 e. The van der Waals surface area contributed by atoms with E-state index >= 15 is 0 Å². The minimum absolute atomic E-state index is 0.248. The third-order valence-corrected chi connectivity index (χ3v) is 11.4. The fraction of sp³-hybridized carbons (Fsp3) is 0.854. The fourth-order valence-corrected chi connectivity index (χ4v) is 7.43. The summed E-state index contributed by atoms with van der Waals surface area (Å²) in [7, 11) is 0. The third kappa shape index (κ3) is 27.8. The number of rotatable bonds is 39. The minimum atomic E-state index is -1.67. The van der Waals surface area contributed by atoms with Crippen molar-refractivity contribution in [2.24, 2.45) is 0 Å². The SMILES string of the molecule is CCCCC/C=C\C=C/CCCCCCCCCCCC(O)C(=O)NC(COC1OC(CO)C(O)C(O)C1O)C(O)C(O)CCC/C=C/CCCCCCCCCCC. The summed E-state index contributed by atoms with van der Waals surface area (Å²) in [5.41, 5.74) is 0. The molecule has 11 nitrogen and oxygen atoms in total. The van der Waals surface area contributed by atoms with Crippen molar-refractivity contribution in [1.29, 1.82) is 0 Å². The molecular weight excluding hydrogens is 751 g/mol. The molecule has 0 aromatic rings. The Morgan fingerprint density at radius 2 is 1.05 bits per heavy atom. The number of aliphatic hydroxyl groups excluding tert-OH is 7. The van der Waals surface area contributed by atoms with Gasteiger partial charge in [0, 0.05) is 0 Å². The zero-order chi connectivity index (χ0) is 43.4. The van der Waals surface area contributed by atoms with E-state index in [-0.39, 0.29) is 12.8 Å². The molecule has 1 fully saturated rings.